The van der Waals surface area contributed by atoms with Crippen molar-refractivity contribution in [2.45, 2.75) is 31.9 Å². The molecule has 4 aromatic rings. The summed E-state index contributed by atoms with van der Waals surface area (Å²) in [5.74, 6) is -0.0659. The summed E-state index contributed by atoms with van der Waals surface area (Å²) < 4.78 is 45.8. The first-order valence-electron chi connectivity index (χ1n) is 13.0. The number of hydrogen-bond acceptors (Lipinski definition) is 8. The summed E-state index contributed by atoms with van der Waals surface area (Å²) in [6.45, 7) is -0.572. The third-order valence-corrected chi connectivity index (χ3v) is 7.98. The van der Waals surface area contributed by atoms with Crippen LogP contribution in [-0.4, -0.2) is 77.6 Å². The zero-order valence-corrected chi connectivity index (χ0v) is 23.7. The van der Waals surface area contributed by atoms with Gasteiger partial charge in [0.1, 0.15) is 17.0 Å². The lowest BCUT2D eigenvalue weighted by Gasteiger charge is -2.32. The van der Waals surface area contributed by atoms with Crippen LogP contribution in [0, 0.1) is 0 Å². The Labute approximate surface area is 242 Å². The van der Waals surface area contributed by atoms with E-state index in [2.05, 4.69) is 20.3 Å². The summed E-state index contributed by atoms with van der Waals surface area (Å²) >= 11 is 6.24. The van der Waals surface area contributed by atoms with Gasteiger partial charge in [0.15, 0.2) is 11.5 Å². The topological polar surface area (TPSA) is 133 Å². The quantitative estimate of drug-likeness (QED) is 0.276. The fraction of sp³-hybridized carbons (Fsp3) is 0.385. The number of alkyl halides is 2. The van der Waals surface area contributed by atoms with Crippen molar-refractivity contribution in [1.29, 1.82) is 0 Å². The molecule has 11 nitrogen and oxygen atoms in total. The minimum atomic E-state index is -3.07. The van der Waals surface area contributed by atoms with E-state index in [0.717, 1.165) is 38.9 Å². The molecular formula is C26H29ClF2N8O3S. The van der Waals surface area contributed by atoms with E-state index in [-0.39, 0.29) is 50.8 Å². The van der Waals surface area contributed by atoms with E-state index in [9.17, 15) is 17.8 Å². The lowest BCUT2D eigenvalue weighted by Crippen LogP contribution is -2.35. The molecule has 0 radical (unpaired) electrons. The Hall–Kier alpha value is -3.62. The number of amides is 1. The van der Waals surface area contributed by atoms with Gasteiger partial charge < -0.3 is 20.7 Å². The van der Waals surface area contributed by atoms with Gasteiger partial charge in [-0.3, -0.25) is 13.7 Å². The number of carbonyl (C=O) groups excluding carboxylic acids is 1. The summed E-state index contributed by atoms with van der Waals surface area (Å²) in [5, 5.41) is 12.0. The van der Waals surface area contributed by atoms with Gasteiger partial charge in [-0.2, -0.15) is 13.9 Å². The van der Waals surface area contributed by atoms with Crippen molar-refractivity contribution >= 4 is 45.5 Å². The first-order valence-corrected chi connectivity index (χ1v) is 15.1. The van der Waals surface area contributed by atoms with Gasteiger partial charge in [-0.15, -0.1) is 5.10 Å². The van der Waals surface area contributed by atoms with Crippen molar-refractivity contribution in [3.63, 3.8) is 0 Å². The van der Waals surface area contributed by atoms with Crippen LogP contribution in [0.1, 0.15) is 35.7 Å². The average Bonchev–Trinajstić information content (AvgIpc) is 3.49. The van der Waals surface area contributed by atoms with Crippen LogP contribution in [0.4, 0.5) is 20.3 Å². The monoisotopic (exact) mass is 606 g/mol. The molecule has 218 valence electrons. The highest BCUT2D eigenvalue weighted by Gasteiger charge is 2.27. The van der Waals surface area contributed by atoms with Gasteiger partial charge in [-0.25, -0.2) is 9.50 Å². The van der Waals surface area contributed by atoms with Gasteiger partial charge in [-0.1, -0.05) is 11.6 Å². The molecule has 1 amide bonds. The number of nitrogens with two attached hydrogens (primary N) is 1. The van der Waals surface area contributed by atoms with Crippen LogP contribution in [0.15, 0.2) is 42.9 Å². The smallest absolute Gasteiger partial charge is 0.387 e. The molecular weight excluding hydrogens is 578 g/mol. The van der Waals surface area contributed by atoms with E-state index in [1.54, 1.807) is 29.4 Å². The van der Waals surface area contributed by atoms with E-state index in [0.29, 0.717) is 5.75 Å². The molecule has 1 fully saturated rings. The fourth-order valence-electron chi connectivity index (χ4n) is 4.96. The van der Waals surface area contributed by atoms with Crippen molar-refractivity contribution in [3.8, 4) is 17.0 Å². The maximum Gasteiger partial charge on any atom is 0.387 e. The molecule has 1 saturated heterocycles. The van der Waals surface area contributed by atoms with E-state index in [4.69, 9.17) is 27.2 Å². The predicted molar refractivity (Wildman–Crippen MR) is 153 cm³/mol. The Morgan fingerprint density at radius 2 is 2.07 bits per heavy atom. The number of rotatable bonds is 10. The predicted octanol–water partition coefficient (Wildman–Crippen LogP) is 4.09. The number of hydrogen-bond donors (Lipinski definition) is 2. The molecule has 1 aromatic carbocycles. The van der Waals surface area contributed by atoms with E-state index >= 15 is 0 Å². The number of nitrogen functional groups attached to an aromatic ring is 1. The number of nitrogens with one attached hydrogen (secondary N) is 1. The number of aromatic nitrogens is 5. The molecule has 0 bridgehead atoms. The maximum atomic E-state index is 13.5. The number of likely N-dealkylation sites (tertiary alicyclic amines) is 1. The van der Waals surface area contributed by atoms with Crippen molar-refractivity contribution in [1.82, 2.24) is 29.3 Å². The zero-order chi connectivity index (χ0) is 29.1. The number of ether oxygens (including phenoxy) is 1. The lowest BCUT2D eigenvalue weighted by atomic mass is 10.1. The van der Waals surface area contributed by atoms with Gasteiger partial charge >= 0.3 is 6.61 Å². The summed E-state index contributed by atoms with van der Waals surface area (Å²) in [6, 6.07) is 5.89. The number of fused-ring (bicyclic) bond motifs is 1. The van der Waals surface area contributed by atoms with Crippen molar-refractivity contribution in [2.24, 2.45) is 0 Å². The molecule has 1 unspecified atom stereocenters. The zero-order valence-electron chi connectivity index (χ0n) is 22.2. The molecule has 0 saturated carbocycles. The molecule has 4 heterocycles. The maximum absolute atomic E-state index is 13.5. The summed E-state index contributed by atoms with van der Waals surface area (Å²) in [6.07, 6.45) is 8.94. The second-order valence-electron chi connectivity index (χ2n) is 9.70. The van der Waals surface area contributed by atoms with Crippen LogP contribution in [0.2, 0.25) is 5.02 Å². The van der Waals surface area contributed by atoms with Crippen LogP contribution in [0.5, 0.6) is 5.75 Å². The number of carbonyl (C=O) groups is 1. The Kier molecular flexibility index (Phi) is 8.80. The Morgan fingerprint density at radius 3 is 2.80 bits per heavy atom. The molecule has 0 spiro atoms. The summed E-state index contributed by atoms with van der Waals surface area (Å²) in [7, 11) is -0.817. The van der Waals surface area contributed by atoms with Gasteiger partial charge in [0.25, 0.3) is 5.91 Å². The highest BCUT2D eigenvalue weighted by Crippen LogP contribution is 2.38. The lowest BCUT2D eigenvalue weighted by molar-refractivity contribution is -0.0494. The van der Waals surface area contributed by atoms with Gasteiger partial charge in [0.2, 0.25) is 0 Å². The Balaban J connectivity index is 1.46. The molecule has 1 aliphatic heterocycles. The second kappa shape index (κ2) is 12.5. The van der Waals surface area contributed by atoms with Gasteiger partial charge in [0.05, 0.1) is 11.7 Å². The molecule has 15 heteroatoms. The third kappa shape index (κ3) is 6.66. The van der Waals surface area contributed by atoms with E-state index < -0.39 is 23.3 Å². The Morgan fingerprint density at radius 1 is 1.29 bits per heavy atom. The van der Waals surface area contributed by atoms with Crippen molar-refractivity contribution < 1.29 is 22.5 Å². The largest absolute Gasteiger partial charge is 0.434 e. The number of nitrogens with zero attached hydrogens (tertiary/aromatic N) is 6. The van der Waals surface area contributed by atoms with Crippen molar-refractivity contribution in [3.05, 3.63) is 53.4 Å². The number of benzene rings is 1. The molecule has 1 aliphatic rings. The molecule has 1 atom stereocenters. The SMILES string of the molecule is CS(=O)CCCN1CCC(n2cc(NC(=O)c3c(N)nn4cccnc34)c(-c3cc(Cl)ccc3OC(F)F)n2)CC1. The van der Waals surface area contributed by atoms with E-state index in [1.807, 2.05) is 0 Å². The normalized spacial score (nSPS) is 15.4. The van der Waals surface area contributed by atoms with Crippen LogP contribution >= 0.6 is 11.6 Å². The molecule has 3 N–H and O–H groups in total. The van der Waals surface area contributed by atoms with Crippen LogP contribution in [-0.2, 0) is 10.8 Å². The standard InChI is InChI=1S/C26H29ClF2N8O3S/c1-41(39)13-3-9-35-11-6-17(7-12-35)37-15-19(22(33-37)18-14-16(27)4-5-20(18)40-26(28)29)32-25(38)21-23(30)34-36-10-2-8-31-24(21)36/h2,4-5,8,10,14-15,17,26H,3,6-7,9,11-13H2,1H3,(H2,30,34)(H,32,38). The van der Waals surface area contributed by atoms with Crippen molar-refractivity contribution in [2.75, 3.05) is 42.7 Å². The number of halogens is 3. The summed E-state index contributed by atoms with van der Waals surface area (Å²) in [5.41, 5.74) is 7.06. The van der Waals surface area contributed by atoms with Crippen LogP contribution in [0.25, 0.3) is 16.9 Å². The minimum Gasteiger partial charge on any atom is -0.434 e. The van der Waals surface area contributed by atoms with Crippen LogP contribution in [0.3, 0.4) is 0 Å². The van der Waals surface area contributed by atoms with Gasteiger partial charge in [-0.05, 0) is 50.1 Å². The first kappa shape index (κ1) is 28.9. The fourth-order valence-corrected chi connectivity index (χ4v) is 5.67. The first-order chi connectivity index (χ1) is 19.7. The molecule has 3 aromatic heterocycles. The Bertz CT molecular complexity index is 1570. The minimum absolute atomic E-state index is 0.00155. The summed E-state index contributed by atoms with van der Waals surface area (Å²) in [4.78, 5) is 20.0. The van der Waals surface area contributed by atoms with E-state index in [1.165, 1.54) is 28.9 Å². The average molecular weight is 607 g/mol. The van der Waals surface area contributed by atoms with Crippen LogP contribution < -0.4 is 15.8 Å². The third-order valence-electron chi connectivity index (χ3n) is 6.88. The highest BCUT2D eigenvalue weighted by atomic mass is 35.5. The highest BCUT2D eigenvalue weighted by molar-refractivity contribution is 7.84. The molecule has 5 rings (SSSR count). The van der Waals surface area contributed by atoms with Gasteiger partial charge in [0, 0.05) is 65.1 Å². The number of anilines is 2. The number of piperidine rings is 1. The molecule has 41 heavy (non-hydrogen) atoms. The molecule has 0 aliphatic carbocycles. The second-order valence-corrected chi connectivity index (χ2v) is 11.7.